The van der Waals surface area contributed by atoms with Crippen LogP contribution < -0.4 is 19.8 Å². The van der Waals surface area contributed by atoms with Crippen LogP contribution in [-0.4, -0.2) is 85.4 Å². The number of aromatic nitrogens is 3. The van der Waals surface area contributed by atoms with Crippen LogP contribution in [0.5, 0.6) is 0 Å². The monoisotopic (exact) mass is 586 g/mol. The van der Waals surface area contributed by atoms with Crippen molar-refractivity contribution in [3.8, 4) is 0 Å². The van der Waals surface area contributed by atoms with Crippen molar-refractivity contribution in [1.82, 2.24) is 24.8 Å². The van der Waals surface area contributed by atoms with Gasteiger partial charge in [-0.3, -0.25) is 9.52 Å². The second-order valence-corrected chi connectivity index (χ2v) is 13.2. The zero-order valence-electron chi connectivity index (χ0n) is 22.8. The molecule has 6 rings (SSSR count). The SMILES string of the molecule is C[C@H]1CN(c2cc(N3CCC3)nc3cc([C@@H]4CCCCN4C(=O)c4cc(Cl)ccc4NS(C)(=O)=O)nn23)CCN1. The van der Waals surface area contributed by atoms with Crippen molar-refractivity contribution in [3.05, 3.63) is 46.6 Å². The Morgan fingerprint density at radius 1 is 1.07 bits per heavy atom. The average Bonchev–Trinajstić information content (AvgIpc) is 3.31. The van der Waals surface area contributed by atoms with Crippen LogP contribution >= 0.6 is 11.6 Å². The van der Waals surface area contributed by atoms with Crippen molar-refractivity contribution >= 4 is 50.5 Å². The number of hydrogen-bond donors (Lipinski definition) is 2. The lowest BCUT2D eigenvalue weighted by atomic mass is 9.98. The van der Waals surface area contributed by atoms with Crippen molar-refractivity contribution in [2.45, 2.75) is 44.7 Å². The molecule has 0 spiro atoms. The first-order chi connectivity index (χ1) is 19.2. The van der Waals surface area contributed by atoms with Crippen LogP contribution in [-0.2, 0) is 10.0 Å². The highest BCUT2D eigenvalue weighted by Crippen LogP contribution is 2.35. The summed E-state index contributed by atoms with van der Waals surface area (Å²) in [6.07, 6.45) is 4.79. The van der Waals surface area contributed by atoms with Gasteiger partial charge in [0.2, 0.25) is 10.0 Å². The molecule has 3 aliphatic rings. The number of carbonyl (C=O) groups excluding carboxylic acids is 1. The van der Waals surface area contributed by atoms with Gasteiger partial charge in [-0.25, -0.2) is 13.4 Å². The van der Waals surface area contributed by atoms with Gasteiger partial charge in [0.1, 0.15) is 11.6 Å². The van der Waals surface area contributed by atoms with Gasteiger partial charge in [-0.15, -0.1) is 0 Å². The van der Waals surface area contributed by atoms with Crippen LogP contribution in [0.1, 0.15) is 54.7 Å². The molecular weight excluding hydrogens is 552 g/mol. The van der Waals surface area contributed by atoms with Crippen LogP contribution in [0.25, 0.3) is 5.65 Å². The standard InChI is InChI=1S/C27H35ClN8O3S/c1-18-17-34(13-9-29-18)26-16-24(33-10-5-11-33)30-25-15-22(31-36(25)26)23-6-3-4-12-35(23)27(37)20-14-19(28)7-8-21(20)32-40(2,38)39/h7-8,14-16,18,23,29,32H,3-6,9-13,17H2,1-2H3/t18-,23-/m0/s1. The number of sulfonamides is 1. The van der Waals surface area contributed by atoms with Gasteiger partial charge in [0.05, 0.1) is 29.2 Å². The summed E-state index contributed by atoms with van der Waals surface area (Å²) in [5.74, 6) is 1.69. The van der Waals surface area contributed by atoms with E-state index >= 15 is 0 Å². The van der Waals surface area contributed by atoms with Gasteiger partial charge < -0.3 is 20.0 Å². The predicted octanol–water partition coefficient (Wildman–Crippen LogP) is 3.13. The maximum absolute atomic E-state index is 14.0. The lowest BCUT2D eigenvalue weighted by Crippen LogP contribution is -2.50. The highest BCUT2D eigenvalue weighted by molar-refractivity contribution is 7.92. The zero-order valence-corrected chi connectivity index (χ0v) is 24.4. The summed E-state index contributed by atoms with van der Waals surface area (Å²) in [6, 6.07) is 8.86. The largest absolute Gasteiger partial charge is 0.356 e. The Bertz CT molecular complexity index is 1540. The highest BCUT2D eigenvalue weighted by atomic mass is 35.5. The molecule has 0 radical (unpaired) electrons. The van der Waals surface area contributed by atoms with E-state index in [0.29, 0.717) is 17.6 Å². The fourth-order valence-electron chi connectivity index (χ4n) is 5.82. The van der Waals surface area contributed by atoms with E-state index in [0.717, 1.165) is 87.6 Å². The minimum absolute atomic E-state index is 0.215. The molecule has 0 bridgehead atoms. The van der Waals surface area contributed by atoms with E-state index in [4.69, 9.17) is 21.7 Å². The molecule has 13 heteroatoms. The molecule has 3 aliphatic heterocycles. The minimum Gasteiger partial charge on any atom is -0.356 e. The van der Waals surface area contributed by atoms with E-state index in [2.05, 4.69) is 32.8 Å². The molecule has 11 nitrogen and oxygen atoms in total. The molecule has 0 aliphatic carbocycles. The second kappa shape index (κ2) is 10.7. The Kier molecular flexibility index (Phi) is 7.26. The quantitative estimate of drug-likeness (QED) is 0.453. The number of nitrogens with zero attached hydrogens (tertiary/aromatic N) is 6. The third-order valence-corrected chi connectivity index (χ3v) is 8.72. The molecule has 0 saturated carbocycles. The summed E-state index contributed by atoms with van der Waals surface area (Å²) in [4.78, 5) is 25.4. The first kappa shape index (κ1) is 27.1. The molecule has 0 unspecified atom stereocenters. The lowest BCUT2D eigenvalue weighted by Gasteiger charge is -2.36. The number of hydrogen-bond acceptors (Lipinski definition) is 8. The minimum atomic E-state index is -3.59. The Balaban J connectivity index is 1.39. The van der Waals surface area contributed by atoms with Crippen molar-refractivity contribution in [2.24, 2.45) is 0 Å². The molecule has 40 heavy (non-hydrogen) atoms. The molecule has 2 atom stereocenters. The van der Waals surface area contributed by atoms with Gasteiger partial charge in [0.25, 0.3) is 5.91 Å². The van der Waals surface area contributed by atoms with Crippen LogP contribution in [0.4, 0.5) is 17.3 Å². The van der Waals surface area contributed by atoms with E-state index in [-0.39, 0.29) is 23.2 Å². The maximum Gasteiger partial charge on any atom is 0.256 e. The number of rotatable bonds is 6. The molecule has 3 aromatic rings. The lowest BCUT2D eigenvalue weighted by molar-refractivity contribution is 0.0607. The third-order valence-electron chi connectivity index (χ3n) is 7.90. The number of carbonyl (C=O) groups is 1. The number of halogens is 1. The number of anilines is 3. The number of benzene rings is 1. The van der Waals surface area contributed by atoms with E-state index in [1.54, 1.807) is 11.0 Å². The summed E-state index contributed by atoms with van der Waals surface area (Å²) in [5, 5.41) is 8.92. The van der Waals surface area contributed by atoms with Gasteiger partial charge in [0, 0.05) is 62.5 Å². The normalized spacial score (nSPS) is 21.9. The highest BCUT2D eigenvalue weighted by Gasteiger charge is 2.33. The van der Waals surface area contributed by atoms with Gasteiger partial charge >= 0.3 is 0 Å². The van der Waals surface area contributed by atoms with Crippen LogP contribution in [0.15, 0.2) is 30.3 Å². The van der Waals surface area contributed by atoms with Crippen LogP contribution in [0.2, 0.25) is 5.02 Å². The number of likely N-dealkylation sites (tertiary alicyclic amines) is 1. The summed E-state index contributed by atoms with van der Waals surface area (Å²) in [5.41, 5.74) is 1.99. The van der Waals surface area contributed by atoms with Crippen molar-refractivity contribution in [1.29, 1.82) is 0 Å². The average molecular weight is 587 g/mol. The first-order valence-corrected chi connectivity index (χ1v) is 16.2. The third kappa shape index (κ3) is 5.44. The number of piperazine rings is 1. The molecule has 1 aromatic carbocycles. The Labute approximate surface area is 239 Å². The van der Waals surface area contributed by atoms with Gasteiger partial charge in [-0.1, -0.05) is 11.6 Å². The topological polar surface area (TPSA) is 115 Å². The van der Waals surface area contributed by atoms with E-state index < -0.39 is 10.0 Å². The first-order valence-electron chi connectivity index (χ1n) is 13.9. The molecular formula is C27H35ClN8O3S. The summed E-state index contributed by atoms with van der Waals surface area (Å²) in [6.45, 7) is 7.35. The van der Waals surface area contributed by atoms with E-state index in [1.165, 1.54) is 12.1 Å². The summed E-state index contributed by atoms with van der Waals surface area (Å²) >= 11 is 6.25. The molecule has 214 valence electrons. The van der Waals surface area contributed by atoms with Crippen LogP contribution in [0.3, 0.4) is 0 Å². The van der Waals surface area contributed by atoms with Crippen LogP contribution in [0, 0.1) is 0 Å². The Hall–Kier alpha value is -3.09. The fourth-order valence-corrected chi connectivity index (χ4v) is 6.57. The molecule has 1 amide bonds. The zero-order chi connectivity index (χ0) is 28.0. The smallest absolute Gasteiger partial charge is 0.256 e. The number of amides is 1. The van der Waals surface area contributed by atoms with Crippen molar-refractivity contribution < 1.29 is 13.2 Å². The molecule has 2 N–H and O–H groups in total. The Morgan fingerprint density at radius 3 is 2.62 bits per heavy atom. The molecule has 5 heterocycles. The number of piperidine rings is 1. The van der Waals surface area contributed by atoms with E-state index in [9.17, 15) is 13.2 Å². The fraction of sp³-hybridized carbons (Fsp3) is 0.519. The summed E-state index contributed by atoms with van der Waals surface area (Å²) < 4.78 is 28.4. The number of nitrogens with one attached hydrogen (secondary N) is 2. The van der Waals surface area contributed by atoms with Crippen molar-refractivity contribution in [2.75, 3.05) is 60.0 Å². The molecule has 3 saturated heterocycles. The van der Waals surface area contributed by atoms with Gasteiger partial charge in [-0.05, 0) is 50.8 Å². The van der Waals surface area contributed by atoms with Crippen molar-refractivity contribution in [3.63, 3.8) is 0 Å². The maximum atomic E-state index is 14.0. The second-order valence-electron chi connectivity index (χ2n) is 11.0. The van der Waals surface area contributed by atoms with E-state index in [1.807, 2.05) is 10.6 Å². The molecule has 3 fully saturated rings. The van der Waals surface area contributed by atoms with Gasteiger partial charge in [0.15, 0.2) is 5.65 Å². The summed E-state index contributed by atoms with van der Waals surface area (Å²) in [7, 11) is -3.59. The predicted molar refractivity (Wildman–Crippen MR) is 157 cm³/mol. The molecule has 2 aromatic heterocycles. The number of fused-ring (bicyclic) bond motifs is 1. The Morgan fingerprint density at radius 2 is 1.90 bits per heavy atom. The van der Waals surface area contributed by atoms with Gasteiger partial charge in [-0.2, -0.15) is 9.61 Å².